The van der Waals surface area contributed by atoms with Gasteiger partial charge < -0.3 is 15.4 Å². The Labute approximate surface area is 127 Å². The van der Waals surface area contributed by atoms with E-state index in [0.29, 0.717) is 6.61 Å². The molecule has 0 saturated heterocycles. The standard InChI is InChI=1S/C15H24N2O2.ClH/c1-6-7-19-13-8-10(2)14(11(3)9-13)17(5)15(18)12(4)16;/h8-9,12H,6-7,16H2,1-5H3;1H. The van der Waals surface area contributed by atoms with Gasteiger partial charge in [-0.25, -0.2) is 0 Å². The Morgan fingerprint density at radius 3 is 2.25 bits per heavy atom. The van der Waals surface area contributed by atoms with E-state index >= 15 is 0 Å². The van der Waals surface area contributed by atoms with Crippen LogP contribution in [0.15, 0.2) is 12.1 Å². The summed E-state index contributed by atoms with van der Waals surface area (Å²) in [5.74, 6) is 0.760. The highest BCUT2D eigenvalue weighted by Gasteiger charge is 2.19. The molecule has 114 valence electrons. The van der Waals surface area contributed by atoms with Crippen LogP contribution in [0.3, 0.4) is 0 Å². The molecule has 20 heavy (non-hydrogen) atoms. The number of halogens is 1. The monoisotopic (exact) mass is 300 g/mol. The molecule has 0 aromatic heterocycles. The molecular weight excluding hydrogens is 276 g/mol. The number of amides is 1. The summed E-state index contributed by atoms with van der Waals surface area (Å²) in [5.41, 5.74) is 8.60. The van der Waals surface area contributed by atoms with Crippen LogP contribution in [0.25, 0.3) is 0 Å². The summed E-state index contributed by atoms with van der Waals surface area (Å²) < 4.78 is 5.63. The molecule has 1 atom stereocenters. The minimum atomic E-state index is -0.500. The van der Waals surface area contributed by atoms with Gasteiger partial charge in [-0.2, -0.15) is 0 Å². The minimum Gasteiger partial charge on any atom is -0.494 e. The molecule has 1 aromatic carbocycles. The van der Waals surface area contributed by atoms with Crippen LogP contribution in [0.2, 0.25) is 0 Å². The van der Waals surface area contributed by atoms with Gasteiger partial charge in [0.05, 0.1) is 12.6 Å². The molecule has 5 heteroatoms. The first-order valence-electron chi connectivity index (χ1n) is 6.65. The largest absolute Gasteiger partial charge is 0.494 e. The summed E-state index contributed by atoms with van der Waals surface area (Å²) in [7, 11) is 1.76. The van der Waals surface area contributed by atoms with Crippen molar-refractivity contribution >= 4 is 24.0 Å². The topological polar surface area (TPSA) is 55.6 Å². The summed E-state index contributed by atoms with van der Waals surface area (Å²) in [4.78, 5) is 13.6. The van der Waals surface area contributed by atoms with Gasteiger partial charge in [0.1, 0.15) is 5.75 Å². The smallest absolute Gasteiger partial charge is 0.243 e. The van der Waals surface area contributed by atoms with Gasteiger partial charge in [0.15, 0.2) is 0 Å². The van der Waals surface area contributed by atoms with Gasteiger partial charge in [0.2, 0.25) is 5.91 Å². The third-order valence-corrected chi connectivity index (χ3v) is 2.99. The van der Waals surface area contributed by atoms with Gasteiger partial charge in [-0.05, 0) is 50.5 Å². The second-order valence-electron chi connectivity index (χ2n) is 4.94. The molecule has 0 aliphatic rings. The van der Waals surface area contributed by atoms with Crippen molar-refractivity contribution in [2.75, 3.05) is 18.6 Å². The molecule has 0 saturated carbocycles. The average Bonchev–Trinajstić information content (AvgIpc) is 2.34. The van der Waals surface area contributed by atoms with Crippen molar-refractivity contribution in [3.05, 3.63) is 23.3 Å². The molecule has 0 fully saturated rings. The van der Waals surface area contributed by atoms with Crippen molar-refractivity contribution in [3.63, 3.8) is 0 Å². The fraction of sp³-hybridized carbons (Fsp3) is 0.533. The second-order valence-corrected chi connectivity index (χ2v) is 4.94. The molecule has 0 bridgehead atoms. The van der Waals surface area contributed by atoms with Crippen molar-refractivity contribution in [1.29, 1.82) is 0 Å². The molecule has 1 rings (SSSR count). The number of hydrogen-bond donors (Lipinski definition) is 1. The molecule has 0 radical (unpaired) electrons. The predicted octanol–water partition coefficient (Wildman–Crippen LogP) is 2.82. The normalized spacial score (nSPS) is 11.5. The zero-order valence-corrected chi connectivity index (χ0v) is 13.7. The maximum Gasteiger partial charge on any atom is 0.243 e. The number of carbonyl (C=O) groups excluding carboxylic acids is 1. The van der Waals surface area contributed by atoms with Crippen molar-refractivity contribution in [3.8, 4) is 5.75 Å². The third kappa shape index (κ3) is 4.39. The number of carbonyl (C=O) groups is 1. The van der Waals surface area contributed by atoms with Gasteiger partial charge >= 0.3 is 0 Å². The summed E-state index contributed by atoms with van der Waals surface area (Å²) in [6.45, 7) is 8.43. The molecule has 1 amide bonds. The molecule has 2 N–H and O–H groups in total. The molecule has 0 heterocycles. The molecule has 0 aliphatic heterocycles. The first kappa shape index (κ1) is 18.7. The van der Waals surface area contributed by atoms with Crippen LogP contribution in [0, 0.1) is 13.8 Å². The number of ether oxygens (including phenoxy) is 1. The van der Waals surface area contributed by atoms with E-state index in [1.807, 2.05) is 26.0 Å². The number of hydrogen-bond acceptors (Lipinski definition) is 3. The van der Waals surface area contributed by atoms with Crippen molar-refractivity contribution in [2.24, 2.45) is 5.73 Å². The highest BCUT2D eigenvalue weighted by atomic mass is 35.5. The summed E-state index contributed by atoms with van der Waals surface area (Å²) in [5, 5.41) is 0. The van der Waals surface area contributed by atoms with Crippen LogP contribution in [0.1, 0.15) is 31.4 Å². The van der Waals surface area contributed by atoms with Gasteiger partial charge in [-0.3, -0.25) is 4.79 Å². The Balaban J connectivity index is 0.00000361. The van der Waals surface area contributed by atoms with Crippen LogP contribution >= 0.6 is 12.4 Å². The van der Waals surface area contributed by atoms with E-state index in [4.69, 9.17) is 10.5 Å². The molecule has 0 aliphatic carbocycles. The molecule has 4 nitrogen and oxygen atoms in total. The summed E-state index contributed by atoms with van der Waals surface area (Å²) in [6, 6.07) is 3.42. The van der Waals surface area contributed by atoms with Gasteiger partial charge in [0.25, 0.3) is 0 Å². The van der Waals surface area contributed by atoms with Crippen LogP contribution < -0.4 is 15.4 Å². The fourth-order valence-electron chi connectivity index (χ4n) is 2.16. The predicted molar refractivity (Wildman–Crippen MR) is 86.0 cm³/mol. The Morgan fingerprint density at radius 2 is 1.85 bits per heavy atom. The number of nitrogens with two attached hydrogens (primary N) is 1. The Bertz CT molecular complexity index is 438. The van der Waals surface area contributed by atoms with Gasteiger partial charge in [-0.15, -0.1) is 12.4 Å². The number of aryl methyl sites for hydroxylation is 2. The van der Waals surface area contributed by atoms with Crippen molar-refractivity contribution < 1.29 is 9.53 Å². The average molecular weight is 301 g/mol. The lowest BCUT2D eigenvalue weighted by atomic mass is 10.1. The maximum absolute atomic E-state index is 12.0. The van der Waals surface area contributed by atoms with Crippen LogP contribution in [-0.4, -0.2) is 25.6 Å². The highest BCUT2D eigenvalue weighted by molar-refractivity contribution is 5.97. The second kappa shape index (κ2) is 8.12. The Hall–Kier alpha value is -1.26. The van der Waals surface area contributed by atoms with E-state index in [9.17, 15) is 4.79 Å². The Morgan fingerprint density at radius 1 is 1.35 bits per heavy atom. The Kier molecular flexibility index (Phi) is 7.61. The van der Waals surface area contributed by atoms with E-state index in [2.05, 4.69) is 6.92 Å². The number of anilines is 1. The lowest BCUT2D eigenvalue weighted by Gasteiger charge is -2.24. The van der Waals surface area contributed by atoms with E-state index in [1.54, 1.807) is 18.9 Å². The van der Waals surface area contributed by atoms with Crippen LogP contribution in [0.5, 0.6) is 5.75 Å². The van der Waals surface area contributed by atoms with Gasteiger partial charge in [-0.1, -0.05) is 6.92 Å². The van der Waals surface area contributed by atoms with Crippen molar-refractivity contribution in [2.45, 2.75) is 40.2 Å². The summed E-state index contributed by atoms with van der Waals surface area (Å²) in [6.07, 6.45) is 0.975. The molecule has 1 aromatic rings. The SMILES string of the molecule is CCCOc1cc(C)c(N(C)C(=O)C(C)N)c(C)c1.Cl. The van der Waals surface area contributed by atoms with Crippen LogP contribution in [-0.2, 0) is 4.79 Å². The lowest BCUT2D eigenvalue weighted by Crippen LogP contribution is -2.40. The van der Waals surface area contributed by atoms with E-state index in [1.165, 1.54) is 0 Å². The molecular formula is C15H25ClN2O2. The van der Waals surface area contributed by atoms with Crippen LogP contribution in [0.4, 0.5) is 5.69 Å². The first-order valence-corrected chi connectivity index (χ1v) is 6.65. The van der Waals surface area contributed by atoms with E-state index in [-0.39, 0.29) is 18.3 Å². The van der Waals surface area contributed by atoms with Crippen molar-refractivity contribution in [1.82, 2.24) is 0 Å². The maximum atomic E-state index is 12.0. The summed E-state index contributed by atoms with van der Waals surface area (Å²) >= 11 is 0. The number of benzene rings is 1. The molecule has 1 unspecified atom stereocenters. The van der Waals surface area contributed by atoms with E-state index < -0.39 is 6.04 Å². The van der Waals surface area contributed by atoms with E-state index in [0.717, 1.165) is 29.0 Å². The number of likely N-dealkylation sites (N-methyl/N-ethyl adjacent to an activating group) is 1. The zero-order chi connectivity index (χ0) is 14.6. The third-order valence-electron chi connectivity index (χ3n) is 2.99. The number of nitrogens with zero attached hydrogens (tertiary/aromatic N) is 1. The number of rotatable bonds is 5. The highest BCUT2D eigenvalue weighted by Crippen LogP contribution is 2.29. The molecule has 0 spiro atoms. The van der Waals surface area contributed by atoms with Gasteiger partial charge in [0, 0.05) is 12.7 Å². The minimum absolute atomic E-state index is 0. The lowest BCUT2D eigenvalue weighted by molar-refractivity contribution is -0.119. The first-order chi connectivity index (χ1) is 8.88. The fourth-order valence-corrected chi connectivity index (χ4v) is 2.16. The quantitative estimate of drug-likeness (QED) is 0.910. The zero-order valence-electron chi connectivity index (χ0n) is 12.9.